The van der Waals surface area contributed by atoms with Crippen molar-refractivity contribution in [2.24, 2.45) is 22.0 Å². The lowest BCUT2D eigenvalue weighted by atomic mass is 9.99. The third kappa shape index (κ3) is 4.27. The summed E-state index contributed by atoms with van der Waals surface area (Å²) in [5.41, 5.74) is 4.37. The van der Waals surface area contributed by atoms with Gasteiger partial charge in [-0.25, -0.2) is 5.43 Å². The molecular formula is C16H25N7O2. The summed E-state index contributed by atoms with van der Waals surface area (Å²) in [5.74, 6) is 12.8. The van der Waals surface area contributed by atoms with Crippen molar-refractivity contribution in [3.63, 3.8) is 0 Å². The summed E-state index contributed by atoms with van der Waals surface area (Å²) in [6.45, 7) is 7.97. The molecule has 1 aromatic carbocycles. The molecule has 1 aliphatic heterocycles. The number of nitrogens with zero attached hydrogens (tertiary/aromatic N) is 2. The molecule has 0 fully saturated rings. The van der Waals surface area contributed by atoms with Crippen molar-refractivity contribution in [2.45, 2.75) is 32.2 Å². The smallest absolute Gasteiger partial charge is 0.185 e. The van der Waals surface area contributed by atoms with Crippen LogP contribution in [0.25, 0.3) is 6.08 Å². The zero-order valence-electron chi connectivity index (χ0n) is 14.6. The molecule has 0 saturated carbocycles. The highest BCUT2D eigenvalue weighted by molar-refractivity contribution is 5.61. The van der Waals surface area contributed by atoms with E-state index in [2.05, 4.69) is 46.8 Å². The second-order valence-electron chi connectivity index (χ2n) is 5.71. The maximum Gasteiger partial charge on any atom is 0.185 e. The first kappa shape index (κ1) is 18.7. The minimum absolute atomic E-state index is 0.223. The summed E-state index contributed by atoms with van der Waals surface area (Å²) in [7, 11) is 1.63. The number of benzene rings is 1. The fourth-order valence-electron chi connectivity index (χ4n) is 2.47. The van der Waals surface area contributed by atoms with E-state index in [1.807, 2.05) is 12.1 Å². The van der Waals surface area contributed by atoms with Gasteiger partial charge in [0.25, 0.3) is 0 Å². The predicted molar refractivity (Wildman–Crippen MR) is 96.1 cm³/mol. The van der Waals surface area contributed by atoms with Crippen LogP contribution in [0.4, 0.5) is 0 Å². The number of rotatable bonds is 7. The molecule has 0 saturated heterocycles. The van der Waals surface area contributed by atoms with Crippen LogP contribution < -0.4 is 37.2 Å². The Morgan fingerprint density at radius 1 is 1.36 bits per heavy atom. The Balaban J connectivity index is 2.40. The lowest BCUT2D eigenvalue weighted by molar-refractivity contribution is 0.268. The molecule has 9 nitrogen and oxygen atoms in total. The van der Waals surface area contributed by atoms with Gasteiger partial charge in [-0.05, 0) is 18.1 Å². The van der Waals surface area contributed by atoms with E-state index in [-0.39, 0.29) is 12.2 Å². The van der Waals surface area contributed by atoms with Gasteiger partial charge in [-0.2, -0.15) is 0 Å². The maximum atomic E-state index is 6.10. The minimum atomic E-state index is -0.582. The average molecular weight is 347 g/mol. The van der Waals surface area contributed by atoms with Crippen LogP contribution in [0.2, 0.25) is 0 Å². The lowest BCUT2D eigenvalue weighted by Gasteiger charge is -2.29. The van der Waals surface area contributed by atoms with Gasteiger partial charge in [-0.15, -0.1) is 5.11 Å². The summed E-state index contributed by atoms with van der Waals surface area (Å²) in [6, 6.07) is 3.83. The van der Waals surface area contributed by atoms with Crippen LogP contribution in [-0.4, -0.2) is 19.6 Å². The Kier molecular flexibility index (Phi) is 6.34. The van der Waals surface area contributed by atoms with Crippen LogP contribution in [0.1, 0.15) is 30.9 Å². The van der Waals surface area contributed by atoms with Gasteiger partial charge in [0.15, 0.2) is 11.9 Å². The molecule has 1 heterocycles. The molecule has 0 amide bonds. The molecule has 0 aliphatic carbocycles. The number of hydrogen-bond donors (Lipinski definition) is 5. The molecule has 136 valence electrons. The summed E-state index contributed by atoms with van der Waals surface area (Å²) >= 11 is 0. The van der Waals surface area contributed by atoms with Gasteiger partial charge in [0, 0.05) is 17.3 Å². The number of nitrogens with one attached hydrogen (secondary N) is 3. The molecule has 2 unspecified atom stereocenters. The Bertz CT molecular complexity index is 673. The van der Waals surface area contributed by atoms with Gasteiger partial charge in [-0.3, -0.25) is 11.2 Å². The van der Waals surface area contributed by atoms with Gasteiger partial charge in [-0.1, -0.05) is 31.7 Å². The van der Waals surface area contributed by atoms with E-state index in [4.69, 9.17) is 21.2 Å². The van der Waals surface area contributed by atoms with Crippen molar-refractivity contribution in [3.8, 4) is 11.5 Å². The SMILES string of the molecule is C=Cc1cc(OC2=CNC(NN)NC2N=NN)c(C(C)C)cc1OC. The molecule has 2 rings (SSSR count). The van der Waals surface area contributed by atoms with Crippen LogP contribution in [-0.2, 0) is 0 Å². The van der Waals surface area contributed by atoms with E-state index in [0.717, 1.165) is 16.9 Å². The molecule has 0 spiro atoms. The van der Waals surface area contributed by atoms with Crippen LogP contribution in [0.15, 0.2) is 41.0 Å². The molecular weight excluding hydrogens is 322 g/mol. The van der Waals surface area contributed by atoms with Crippen molar-refractivity contribution >= 4 is 6.08 Å². The highest BCUT2D eigenvalue weighted by Gasteiger charge is 2.25. The number of hydrogen-bond acceptors (Lipinski definition) is 8. The third-order valence-electron chi connectivity index (χ3n) is 3.77. The van der Waals surface area contributed by atoms with Gasteiger partial charge in [0.2, 0.25) is 0 Å². The zero-order chi connectivity index (χ0) is 18.4. The zero-order valence-corrected chi connectivity index (χ0v) is 14.6. The van der Waals surface area contributed by atoms with E-state index >= 15 is 0 Å². The molecule has 0 bridgehead atoms. The summed E-state index contributed by atoms with van der Waals surface area (Å²) in [4.78, 5) is 0. The Morgan fingerprint density at radius 2 is 2.12 bits per heavy atom. The normalized spacial score (nSPS) is 20.3. The van der Waals surface area contributed by atoms with Crippen molar-refractivity contribution < 1.29 is 9.47 Å². The van der Waals surface area contributed by atoms with E-state index in [1.165, 1.54) is 0 Å². The predicted octanol–water partition coefficient (Wildman–Crippen LogP) is 1.27. The van der Waals surface area contributed by atoms with Crippen LogP contribution in [0.3, 0.4) is 0 Å². The molecule has 1 aliphatic rings. The summed E-state index contributed by atoms with van der Waals surface area (Å²) in [6.07, 6.45) is 2.42. The molecule has 9 heteroatoms. The fraction of sp³-hybridized carbons (Fsp3) is 0.375. The molecule has 2 atom stereocenters. The molecule has 25 heavy (non-hydrogen) atoms. The maximum absolute atomic E-state index is 6.10. The summed E-state index contributed by atoms with van der Waals surface area (Å²) in [5, 5.41) is 13.3. The Labute approximate surface area is 147 Å². The van der Waals surface area contributed by atoms with Crippen LogP contribution in [0, 0.1) is 0 Å². The quantitative estimate of drug-likeness (QED) is 0.285. The summed E-state index contributed by atoms with van der Waals surface area (Å²) < 4.78 is 11.5. The van der Waals surface area contributed by atoms with Gasteiger partial charge >= 0.3 is 0 Å². The second-order valence-corrected chi connectivity index (χ2v) is 5.71. The first-order valence-corrected chi connectivity index (χ1v) is 7.84. The highest BCUT2D eigenvalue weighted by atomic mass is 16.5. The van der Waals surface area contributed by atoms with Crippen molar-refractivity contribution in [1.82, 2.24) is 16.1 Å². The van der Waals surface area contributed by atoms with Gasteiger partial charge < -0.3 is 20.6 Å². The monoisotopic (exact) mass is 347 g/mol. The Morgan fingerprint density at radius 3 is 2.68 bits per heavy atom. The second kappa shape index (κ2) is 8.47. The first-order valence-electron chi connectivity index (χ1n) is 7.84. The van der Waals surface area contributed by atoms with Gasteiger partial charge in [0.1, 0.15) is 17.8 Å². The molecule has 7 N–H and O–H groups in total. The first-order chi connectivity index (χ1) is 12.0. The fourth-order valence-corrected chi connectivity index (χ4v) is 2.47. The van der Waals surface area contributed by atoms with Crippen molar-refractivity contribution in [3.05, 3.63) is 41.8 Å². The van der Waals surface area contributed by atoms with E-state index in [1.54, 1.807) is 19.4 Å². The van der Waals surface area contributed by atoms with Gasteiger partial charge in [0.05, 0.1) is 7.11 Å². The molecule has 0 radical (unpaired) electrons. The van der Waals surface area contributed by atoms with E-state index < -0.39 is 6.17 Å². The minimum Gasteiger partial charge on any atom is -0.496 e. The lowest BCUT2D eigenvalue weighted by Crippen LogP contribution is -2.60. The largest absolute Gasteiger partial charge is 0.496 e. The molecule has 0 aromatic heterocycles. The van der Waals surface area contributed by atoms with E-state index in [0.29, 0.717) is 11.5 Å². The topological polar surface area (TPSA) is 131 Å². The number of ether oxygens (including phenoxy) is 2. The standard InChI is InChI=1S/C16H25N7O2/c1-5-10-6-13(11(9(2)3)7-12(10)24-4)25-14-8-19-16(21-17)20-15(14)22-23-18/h5-9,15-16,19-21H,1,17H2,2-4H3,(H2,18,22). The third-order valence-corrected chi connectivity index (χ3v) is 3.77. The number of nitrogens with two attached hydrogens (primary N) is 2. The Hall–Kier alpha value is -2.62. The average Bonchev–Trinajstić information content (AvgIpc) is 2.62. The number of methoxy groups -OCH3 is 1. The number of hydrazine groups is 1. The van der Waals surface area contributed by atoms with Crippen LogP contribution >= 0.6 is 0 Å². The van der Waals surface area contributed by atoms with Crippen LogP contribution in [0.5, 0.6) is 11.5 Å². The van der Waals surface area contributed by atoms with E-state index in [9.17, 15) is 0 Å². The molecule has 1 aromatic rings. The van der Waals surface area contributed by atoms with Crippen molar-refractivity contribution in [2.75, 3.05) is 7.11 Å². The highest BCUT2D eigenvalue weighted by Crippen LogP contribution is 2.35. The van der Waals surface area contributed by atoms with Crippen molar-refractivity contribution in [1.29, 1.82) is 0 Å².